The topological polar surface area (TPSA) is 116 Å². The third kappa shape index (κ3) is 8.99. The van der Waals surface area contributed by atoms with E-state index in [-0.39, 0.29) is 36.5 Å². The van der Waals surface area contributed by atoms with Crippen LogP contribution in [0.15, 0.2) is 48.5 Å². The van der Waals surface area contributed by atoms with Gasteiger partial charge < -0.3 is 21.3 Å². The summed E-state index contributed by atoms with van der Waals surface area (Å²) in [5.41, 5.74) is 3.30. The number of benzene rings is 2. The van der Waals surface area contributed by atoms with Crippen molar-refractivity contribution in [1.29, 1.82) is 0 Å². The molecule has 0 saturated heterocycles. The van der Waals surface area contributed by atoms with E-state index in [1.54, 1.807) is 38.4 Å². The maximum Gasteiger partial charge on any atom is 0.224 e. The van der Waals surface area contributed by atoms with Crippen LogP contribution in [-0.2, 0) is 32.0 Å². The zero-order chi connectivity index (χ0) is 23.3. The van der Waals surface area contributed by atoms with E-state index in [1.165, 1.54) is 0 Å². The highest BCUT2D eigenvalue weighted by Gasteiger charge is 2.09. The van der Waals surface area contributed by atoms with E-state index >= 15 is 0 Å². The molecule has 0 unspecified atom stereocenters. The van der Waals surface area contributed by atoms with Crippen LogP contribution in [0.5, 0.6) is 0 Å². The van der Waals surface area contributed by atoms with Gasteiger partial charge in [-0.25, -0.2) is 0 Å². The number of amides is 4. The van der Waals surface area contributed by atoms with E-state index in [9.17, 15) is 19.2 Å². The fourth-order valence-electron chi connectivity index (χ4n) is 2.95. The number of carbonyl (C=O) groups is 4. The van der Waals surface area contributed by atoms with Crippen molar-refractivity contribution in [2.24, 2.45) is 0 Å². The molecule has 0 spiro atoms. The Bertz CT molecular complexity index is 847. The molecule has 8 nitrogen and oxygen atoms in total. The Morgan fingerprint density at radius 3 is 1.19 bits per heavy atom. The Balaban J connectivity index is 1.71. The molecular weight excluding hydrogens is 408 g/mol. The molecule has 2 rings (SSSR count). The number of nitrogens with one attached hydrogen (secondary N) is 4. The number of aryl methyl sites for hydroxylation is 2. The van der Waals surface area contributed by atoms with Gasteiger partial charge in [0.1, 0.15) is 0 Å². The first-order valence-corrected chi connectivity index (χ1v) is 10.6. The van der Waals surface area contributed by atoms with Gasteiger partial charge >= 0.3 is 0 Å². The standard InChI is InChI=1S/C24H30N4O4/c1-25-21(29)13-7-17-3-9-19(10-4-17)27-23(31)15-16-24(32)28-20-11-5-18(6-12-20)8-14-22(30)26-2/h3-6,9-12H,7-8,13-16H2,1-2H3,(H,25,29)(H,26,30)(H,27,31)(H,28,32). The molecule has 0 saturated carbocycles. The maximum absolute atomic E-state index is 12.1. The molecule has 4 N–H and O–H groups in total. The third-order valence-corrected chi connectivity index (χ3v) is 4.89. The van der Waals surface area contributed by atoms with Crippen LogP contribution in [0.25, 0.3) is 0 Å². The molecule has 0 aliphatic heterocycles. The molecule has 0 radical (unpaired) electrons. The van der Waals surface area contributed by atoms with Crippen LogP contribution < -0.4 is 21.3 Å². The van der Waals surface area contributed by atoms with Gasteiger partial charge in [0, 0.05) is 51.2 Å². The average Bonchev–Trinajstić information content (AvgIpc) is 2.81. The van der Waals surface area contributed by atoms with Gasteiger partial charge in [-0.05, 0) is 48.2 Å². The first-order valence-electron chi connectivity index (χ1n) is 10.6. The quantitative estimate of drug-likeness (QED) is 0.431. The van der Waals surface area contributed by atoms with Crippen LogP contribution in [0.2, 0.25) is 0 Å². The number of carbonyl (C=O) groups excluding carboxylic acids is 4. The van der Waals surface area contributed by atoms with Gasteiger partial charge in [0.2, 0.25) is 23.6 Å². The molecule has 0 aliphatic rings. The maximum atomic E-state index is 12.1. The summed E-state index contributed by atoms with van der Waals surface area (Å²) in [4.78, 5) is 46.9. The van der Waals surface area contributed by atoms with Crippen LogP contribution in [0.3, 0.4) is 0 Å². The van der Waals surface area contributed by atoms with Crippen LogP contribution >= 0.6 is 0 Å². The van der Waals surface area contributed by atoms with Crippen LogP contribution in [0.4, 0.5) is 11.4 Å². The minimum atomic E-state index is -0.247. The summed E-state index contributed by atoms with van der Waals surface area (Å²) < 4.78 is 0. The second-order valence-electron chi connectivity index (χ2n) is 7.34. The smallest absolute Gasteiger partial charge is 0.224 e. The molecule has 4 amide bonds. The van der Waals surface area contributed by atoms with Gasteiger partial charge in [-0.2, -0.15) is 0 Å². The summed E-state index contributed by atoms with van der Waals surface area (Å²) >= 11 is 0. The molecule has 2 aromatic carbocycles. The second kappa shape index (κ2) is 12.9. The van der Waals surface area contributed by atoms with Gasteiger partial charge in [-0.15, -0.1) is 0 Å². The lowest BCUT2D eigenvalue weighted by molar-refractivity contribution is -0.121. The minimum absolute atomic E-state index is 0.0161. The molecule has 0 bridgehead atoms. The molecule has 0 aromatic heterocycles. The molecule has 0 atom stereocenters. The van der Waals surface area contributed by atoms with E-state index in [2.05, 4.69) is 21.3 Å². The molecule has 0 aliphatic carbocycles. The summed E-state index contributed by atoms with van der Waals surface area (Å²) in [5.74, 6) is -0.527. The van der Waals surface area contributed by atoms with E-state index < -0.39 is 0 Å². The molecular formula is C24H30N4O4. The van der Waals surface area contributed by atoms with Gasteiger partial charge in [-0.3, -0.25) is 19.2 Å². The third-order valence-electron chi connectivity index (χ3n) is 4.89. The predicted molar refractivity (Wildman–Crippen MR) is 124 cm³/mol. The average molecular weight is 439 g/mol. The van der Waals surface area contributed by atoms with Gasteiger partial charge in [0.15, 0.2) is 0 Å². The molecule has 0 heterocycles. The van der Waals surface area contributed by atoms with Crippen molar-refractivity contribution in [2.75, 3.05) is 24.7 Å². The number of rotatable bonds is 11. The first-order chi connectivity index (χ1) is 15.4. The predicted octanol–water partition coefficient (Wildman–Crippen LogP) is 2.40. The Morgan fingerprint density at radius 1 is 0.531 bits per heavy atom. The minimum Gasteiger partial charge on any atom is -0.359 e. The summed E-state index contributed by atoms with van der Waals surface area (Å²) in [6.45, 7) is 0. The summed E-state index contributed by atoms with van der Waals surface area (Å²) in [6, 6.07) is 14.6. The number of hydrogen-bond acceptors (Lipinski definition) is 4. The van der Waals surface area contributed by atoms with Gasteiger partial charge in [-0.1, -0.05) is 24.3 Å². The van der Waals surface area contributed by atoms with E-state index in [4.69, 9.17) is 0 Å². The van der Waals surface area contributed by atoms with Crippen molar-refractivity contribution in [1.82, 2.24) is 10.6 Å². The van der Waals surface area contributed by atoms with Crippen molar-refractivity contribution in [2.45, 2.75) is 38.5 Å². The molecule has 170 valence electrons. The van der Waals surface area contributed by atoms with E-state index in [0.29, 0.717) is 37.1 Å². The lowest BCUT2D eigenvalue weighted by atomic mass is 10.1. The van der Waals surface area contributed by atoms with Gasteiger partial charge in [0.25, 0.3) is 0 Å². The zero-order valence-electron chi connectivity index (χ0n) is 18.5. The molecule has 32 heavy (non-hydrogen) atoms. The van der Waals surface area contributed by atoms with Gasteiger partial charge in [0.05, 0.1) is 0 Å². The largest absolute Gasteiger partial charge is 0.359 e. The van der Waals surface area contributed by atoms with Crippen molar-refractivity contribution < 1.29 is 19.2 Å². The number of anilines is 2. The first kappa shape index (κ1) is 24.6. The Morgan fingerprint density at radius 2 is 0.875 bits per heavy atom. The Labute approximate surface area is 188 Å². The van der Waals surface area contributed by atoms with Crippen molar-refractivity contribution >= 4 is 35.0 Å². The monoisotopic (exact) mass is 438 g/mol. The van der Waals surface area contributed by atoms with Crippen molar-refractivity contribution in [3.63, 3.8) is 0 Å². The highest BCUT2D eigenvalue weighted by molar-refractivity contribution is 5.96. The summed E-state index contributed by atoms with van der Waals surface area (Å²) in [6.07, 6.45) is 2.21. The van der Waals surface area contributed by atoms with Crippen LogP contribution in [0, 0.1) is 0 Å². The van der Waals surface area contributed by atoms with Crippen LogP contribution in [-0.4, -0.2) is 37.7 Å². The van der Waals surface area contributed by atoms with Crippen LogP contribution in [0.1, 0.15) is 36.8 Å². The molecule has 0 fully saturated rings. The Hall–Kier alpha value is -3.68. The lowest BCUT2D eigenvalue weighted by Crippen LogP contribution is -2.18. The second-order valence-corrected chi connectivity index (χ2v) is 7.34. The normalized spacial score (nSPS) is 10.2. The van der Waals surface area contributed by atoms with Crippen molar-refractivity contribution in [3.8, 4) is 0 Å². The molecule has 2 aromatic rings. The molecule has 8 heteroatoms. The summed E-state index contributed by atoms with van der Waals surface area (Å²) in [7, 11) is 3.21. The zero-order valence-corrected chi connectivity index (χ0v) is 18.5. The lowest BCUT2D eigenvalue weighted by Gasteiger charge is -2.08. The highest BCUT2D eigenvalue weighted by Crippen LogP contribution is 2.13. The Kier molecular flexibility index (Phi) is 9.90. The number of hydrogen-bond donors (Lipinski definition) is 4. The summed E-state index contributed by atoms with van der Waals surface area (Å²) in [5, 5.41) is 10.7. The highest BCUT2D eigenvalue weighted by atomic mass is 16.2. The van der Waals surface area contributed by atoms with Crippen molar-refractivity contribution in [3.05, 3.63) is 59.7 Å². The SMILES string of the molecule is CNC(=O)CCc1ccc(NC(=O)CCC(=O)Nc2ccc(CCC(=O)NC)cc2)cc1. The fraction of sp³-hybridized carbons (Fsp3) is 0.333. The fourth-order valence-corrected chi connectivity index (χ4v) is 2.95. The van der Waals surface area contributed by atoms with E-state index in [0.717, 1.165) is 11.1 Å². The van der Waals surface area contributed by atoms with E-state index in [1.807, 2.05) is 24.3 Å².